The van der Waals surface area contributed by atoms with Crippen LogP contribution in [0, 0.1) is 0 Å². The molecule has 1 amide bonds. The molecule has 1 N–H and O–H groups in total. The smallest absolute Gasteiger partial charge is 0.251 e. The quantitative estimate of drug-likeness (QED) is 0.835. The van der Waals surface area contributed by atoms with E-state index in [1.165, 1.54) is 0 Å². The molecule has 0 bridgehead atoms. The van der Waals surface area contributed by atoms with Crippen LogP contribution in [0.1, 0.15) is 23.2 Å². The zero-order valence-electron chi connectivity index (χ0n) is 15.6. The number of likely N-dealkylation sites (tertiary alicyclic amines) is 1. The molecule has 7 heteroatoms. The third-order valence-corrected chi connectivity index (χ3v) is 7.04. The van der Waals surface area contributed by atoms with Crippen molar-refractivity contribution in [2.24, 2.45) is 0 Å². The van der Waals surface area contributed by atoms with Gasteiger partial charge in [0.25, 0.3) is 5.91 Å². The van der Waals surface area contributed by atoms with Crippen molar-refractivity contribution < 1.29 is 17.9 Å². The number of hydrogen-bond acceptors (Lipinski definition) is 5. The van der Waals surface area contributed by atoms with Gasteiger partial charge in [0.15, 0.2) is 9.84 Å². The first-order valence-electron chi connectivity index (χ1n) is 9.58. The van der Waals surface area contributed by atoms with Crippen molar-refractivity contribution in [3.8, 4) is 11.5 Å². The lowest BCUT2D eigenvalue weighted by Crippen LogP contribution is -2.50. The molecule has 0 radical (unpaired) electrons. The predicted molar refractivity (Wildman–Crippen MR) is 107 cm³/mol. The molecular formula is C21H24N2O4S. The second-order valence-electron chi connectivity index (χ2n) is 7.41. The van der Waals surface area contributed by atoms with Crippen molar-refractivity contribution in [2.75, 3.05) is 24.6 Å². The highest BCUT2D eigenvalue weighted by Crippen LogP contribution is 2.24. The topological polar surface area (TPSA) is 75.7 Å². The van der Waals surface area contributed by atoms with Crippen molar-refractivity contribution >= 4 is 15.7 Å². The second-order valence-corrected chi connectivity index (χ2v) is 9.56. The molecule has 2 aliphatic heterocycles. The summed E-state index contributed by atoms with van der Waals surface area (Å²) >= 11 is 0. The first-order chi connectivity index (χ1) is 13.5. The third kappa shape index (κ3) is 4.36. The molecule has 4 rings (SSSR count). The van der Waals surface area contributed by atoms with Crippen LogP contribution in [0.2, 0.25) is 0 Å². The summed E-state index contributed by atoms with van der Waals surface area (Å²) in [5.41, 5.74) is 0.456. The molecule has 2 atom stereocenters. The Balaban J connectivity index is 1.47. The van der Waals surface area contributed by atoms with Crippen LogP contribution in [0.5, 0.6) is 11.5 Å². The number of ether oxygens (including phenoxy) is 1. The summed E-state index contributed by atoms with van der Waals surface area (Å²) in [7, 11) is -3.14. The van der Waals surface area contributed by atoms with Gasteiger partial charge in [-0.15, -0.1) is 0 Å². The maximum absolute atomic E-state index is 12.8. The van der Waals surface area contributed by atoms with Crippen LogP contribution in [-0.4, -0.2) is 55.9 Å². The number of benzene rings is 2. The Hall–Kier alpha value is -2.38. The Morgan fingerprint density at radius 3 is 2.43 bits per heavy atom. The summed E-state index contributed by atoms with van der Waals surface area (Å²) in [4.78, 5) is 15.0. The van der Waals surface area contributed by atoms with Gasteiger partial charge in [0.2, 0.25) is 0 Å². The number of amides is 1. The molecule has 2 saturated heterocycles. The highest BCUT2D eigenvalue weighted by molar-refractivity contribution is 7.91. The number of rotatable bonds is 5. The maximum atomic E-state index is 12.8. The minimum Gasteiger partial charge on any atom is -0.457 e. The van der Waals surface area contributed by atoms with Crippen LogP contribution < -0.4 is 10.1 Å². The van der Waals surface area contributed by atoms with Gasteiger partial charge in [-0.3, -0.25) is 9.69 Å². The molecular weight excluding hydrogens is 376 g/mol. The fraction of sp³-hybridized carbons (Fsp3) is 0.381. The second kappa shape index (κ2) is 7.93. The summed E-state index contributed by atoms with van der Waals surface area (Å²) in [5, 5.41) is 2.95. The van der Waals surface area contributed by atoms with Crippen molar-refractivity contribution in [3.63, 3.8) is 0 Å². The Morgan fingerprint density at radius 1 is 0.964 bits per heavy atom. The van der Waals surface area contributed by atoms with Gasteiger partial charge in [-0.05, 0) is 56.3 Å². The molecule has 0 unspecified atom stereocenters. The fourth-order valence-corrected chi connectivity index (χ4v) is 5.93. The molecule has 6 nitrogen and oxygen atoms in total. The number of hydrogen-bond donors (Lipinski definition) is 1. The highest BCUT2D eigenvalue weighted by Gasteiger charge is 2.42. The van der Waals surface area contributed by atoms with E-state index >= 15 is 0 Å². The summed E-state index contributed by atoms with van der Waals surface area (Å²) in [6.07, 6.45) is 2.16. The minimum atomic E-state index is -3.14. The number of carbonyl (C=O) groups excluding carboxylic acids is 1. The standard InChI is InChI=1S/C21H24N2O4S/c24-21(16-7-6-10-18(13-16)27-17-8-2-1-3-9-17)22-19-14-28(25,26)15-20(19)23-11-4-5-12-23/h1-3,6-10,13,19-20H,4-5,11-12,14-15H2,(H,22,24)/t19-,20-/m0/s1. The van der Waals surface area contributed by atoms with E-state index < -0.39 is 9.84 Å². The molecule has 0 aliphatic carbocycles. The van der Waals surface area contributed by atoms with Gasteiger partial charge >= 0.3 is 0 Å². The zero-order valence-corrected chi connectivity index (χ0v) is 16.4. The lowest BCUT2D eigenvalue weighted by molar-refractivity contribution is 0.0918. The van der Waals surface area contributed by atoms with Gasteiger partial charge in [-0.25, -0.2) is 8.42 Å². The summed E-state index contributed by atoms with van der Waals surface area (Å²) in [5.74, 6) is 1.10. The molecule has 2 fully saturated rings. The Bertz CT molecular complexity index is 940. The SMILES string of the molecule is O=C(N[C@H]1CS(=O)(=O)C[C@@H]1N1CCCC1)c1cccc(Oc2ccccc2)c1. The summed E-state index contributed by atoms with van der Waals surface area (Å²) in [6, 6.07) is 15.8. The van der Waals surface area contributed by atoms with Crippen LogP contribution in [-0.2, 0) is 9.84 Å². The van der Waals surface area contributed by atoms with E-state index in [1.807, 2.05) is 30.3 Å². The first kappa shape index (κ1) is 19.0. The molecule has 2 heterocycles. The highest BCUT2D eigenvalue weighted by atomic mass is 32.2. The van der Waals surface area contributed by atoms with E-state index in [9.17, 15) is 13.2 Å². The monoisotopic (exact) mass is 400 g/mol. The average Bonchev–Trinajstić information content (AvgIpc) is 3.30. The van der Waals surface area contributed by atoms with E-state index in [0.717, 1.165) is 25.9 Å². The molecule has 28 heavy (non-hydrogen) atoms. The van der Waals surface area contributed by atoms with Gasteiger partial charge in [-0.1, -0.05) is 24.3 Å². The van der Waals surface area contributed by atoms with Crippen LogP contribution in [0.3, 0.4) is 0 Å². The summed E-state index contributed by atoms with van der Waals surface area (Å²) < 4.78 is 30.2. The Morgan fingerprint density at radius 2 is 1.68 bits per heavy atom. The minimum absolute atomic E-state index is 0.000112. The van der Waals surface area contributed by atoms with Crippen LogP contribution in [0.4, 0.5) is 0 Å². The lowest BCUT2D eigenvalue weighted by Gasteiger charge is -2.28. The molecule has 2 aromatic carbocycles. The van der Waals surface area contributed by atoms with Crippen LogP contribution >= 0.6 is 0 Å². The molecule has 0 saturated carbocycles. The van der Waals surface area contributed by atoms with E-state index in [4.69, 9.17) is 4.74 Å². The van der Waals surface area contributed by atoms with Crippen LogP contribution in [0.15, 0.2) is 54.6 Å². The van der Waals surface area contributed by atoms with E-state index in [-0.39, 0.29) is 29.5 Å². The van der Waals surface area contributed by atoms with Gasteiger partial charge in [0.1, 0.15) is 11.5 Å². The predicted octanol–water partition coefficient (Wildman–Crippen LogP) is 2.47. The van der Waals surface area contributed by atoms with Crippen molar-refractivity contribution in [1.82, 2.24) is 10.2 Å². The molecule has 148 valence electrons. The van der Waals surface area contributed by atoms with E-state index in [2.05, 4.69) is 10.2 Å². The normalized spacial score (nSPS) is 24.1. The number of nitrogens with zero attached hydrogens (tertiary/aromatic N) is 1. The largest absolute Gasteiger partial charge is 0.457 e. The lowest BCUT2D eigenvalue weighted by atomic mass is 10.1. The van der Waals surface area contributed by atoms with Crippen molar-refractivity contribution in [2.45, 2.75) is 24.9 Å². The zero-order chi connectivity index (χ0) is 19.6. The summed E-state index contributed by atoms with van der Waals surface area (Å²) in [6.45, 7) is 1.79. The van der Waals surface area contributed by atoms with Gasteiger partial charge in [-0.2, -0.15) is 0 Å². The molecule has 0 aromatic heterocycles. The van der Waals surface area contributed by atoms with Gasteiger partial charge < -0.3 is 10.1 Å². The Kier molecular flexibility index (Phi) is 5.37. The third-order valence-electron chi connectivity index (χ3n) is 5.32. The maximum Gasteiger partial charge on any atom is 0.251 e. The average molecular weight is 401 g/mol. The number of nitrogens with one attached hydrogen (secondary N) is 1. The van der Waals surface area contributed by atoms with E-state index in [0.29, 0.717) is 17.1 Å². The van der Waals surface area contributed by atoms with Gasteiger partial charge in [0.05, 0.1) is 17.5 Å². The van der Waals surface area contributed by atoms with Crippen molar-refractivity contribution in [3.05, 3.63) is 60.2 Å². The molecule has 2 aromatic rings. The number of sulfone groups is 1. The van der Waals surface area contributed by atoms with E-state index in [1.54, 1.807) is 24.3 Å². The first-order valence-corrected chi connectivity index (χ1v) is 11.4. The number of para-hydroxylation sites is 1. The number of carbonyl (C=O) groups is 1. The van der Waals surface area contributed by atoms with Crippen molar-refractivity contribution in [1.29, 1.82) is 0 Å². The Labute approximate surface area is 165 Å². The van der Waals surface area contributed by atoms with Crippen LogP contribution in [0.25, 0.3) is 0 Å². The fourth-order valence-electron chi connectivity index (χ4n) is 3.98. The van der Waals surface area contributed by atoms with Gasteiger partial charge in [0, 0.05) is 11.6 Å². The molecule has 2 aliphatic rings. The molecule has 0 spiro atoms.